The minimum atomic E-state index is -0.547. The van der Waals surface area contributed by atoms with Crippen LogP contribution in [-0.4, -0.2) is 24.8 Å². The van der Waals surface area contributed by atoms with Gasteiger partial charge in [0.1, 0.15) is 6.61 Å². The summed E-state index contributed by atoms with van der Waals surface area (Å²) in [7, 11) is 1.33. The van der Waals surface area contributed by atoms with Crippen LogP contribution >= 0.6 is 0 Å². The Morgan fingerprint density at radius 1 is 1.00 bits per heavy atom. The van der Waals surface area contributed by atoms with E-state index in [-0.39, 0.29) is 12.4 Å². The van der Waals surface area contributed by atoms with Gasteiger partial charge < -0.3 is 14.8 Å². The van der Waals surface area contributed by atoms with Crippen LogP contribution in [-0.2, 0) is 25.7 Å². The van der Waals surface area contributed by atoms with E-state index in [2.05, 4.69) is 5.32 Å². The lowest BCUT2D eigenvalue weighted by Gasteiger charge is -2.34. The Labute approximate surface area is 186 Å². The largest absolute Gasteiger partial charge is 0.465 e. The molecular weight excluding hydrogens is 406 g/mol. The molecule has 0 aromatic heterocycles. The van der Waals surface area contributed by atoms with Crippen molar-refractivity contribution in [2.75, 3.05) is 7.11 Å². The first kappa shape index (κ1) is 21.6. The number of allylic oxidation sites excluding steroid dienone is 3. The van der Waals surface area contributed by atoms with Crippen LogP contribution in [0.15, 0.2) is 77.1 Å². The Morgan fingerprint density at radius 3 is 2.41 bits per heavy atom. The van der Waals surface area contributed by atoms with Crippen molar-refractivity contribution in [2.45, 2.75) is 38.7 Å². The highest BCUT2D eigenvalue weighted by Gasteiger charge is 2.39. The highest BCUT2D eigenvalue weighted by atomic mass is 16.5. The van der Waals surface area contributed by atoms with E-state index in [4.69, 9.17) is 9.47 Å². The lowest BCUT2D eigenvalue weighted by molar-refractivity contribution is -0.140. The maximum Gasteiger partial charge on any atom is 0.337 e. The second-order valence-corrected chi connectivity index (χ2v) is 7.94. The van der Waals surface area contributed by atoms with Gasteiger partial charge in [0.05, 0.1) is 18.2 Å². The number of ketones is 1. The third kappa shape index (κ3) is 4.21. The standard InChI is InChI=1S/C26H25NO5/c1-16-22(26(30)32-15-17-7-4-3-5-8-17)23(24-20(27-16)9-6-10-21(24)28)18-11-13-19(14-12-18)25(29)31-2/h3-5,7-8,11-14,23,27H,6,9-10,15H2,1-2H3/t23-/m1/s1. The topological polar surface area (TPSA) is 81.7 Å². The predicted molar refractivity (Wildman–Crippen MR) is 118 cm³/mol. The van der Waals surface area contributed by atoms with Gasteiger partial charge in [-0.15, -0.1) is 0 Å². The van der Waals surface area contributed by atoms with E-state index >= 15 is 0 Å². The molecule has 6 heteroatoms. The lowest BCUT2D eigenvalue weighted by atomic mass is 9.75. The van der Waals surface area contributed by atoms with Gasteiger partial charge in [-0.1, -0.05) is 42.5 Å². The number of esters is 2. The van der Waals surface area contributed by atoms with E-state index in [0.29, 0.717) is 28.8 Å². The fraction of sp³-hybridized carbons (Fsp3) is 0.269. The van der Waals surface area contributed by atoms with Gasteiger partial charge in [0, 0.05) is 29.3 Å². The Morgan fingerprint density at radius 2 is 1.72 bits per heavy atom. The second kappa shape index (κ2) is 9.22. The van der Waals surface area contributed by atoms with Crippen LogP contribution in [0.5, 0.6) is 0 Å². The molecule has 4 rings (SSSR count). The number of dihydropyridines is 1. The minimum Gasteiger partial charge on any atom is -0.465 e. The van der Waals surface area contributed by atoms with Gasteiger partial charge in [-0.05, 0) is 43.0 Å². The fourth-order valence-corrected chi connectivity index (χ4v) is 4.32. The molecule has 1 heterocycles. The van der Waals surface area contributed by atoms with Crippen LogP contribution < -0.4 is 5.32 Å². The summed E-state index contributed by atoms with van der Waals surface area (Å²) in [5.74, 6) is -1.42. The number of methoxy groups -OCH3 is 1. The molecule has 2 aromatic carbocycles. The quantitative estimate of drug-likeness (QED) is 0.715. The number of benzene rings is 2. The van der Waals surface area contributed by atoms with Gasteiger partial charge in [-0.25, -0.2) is 9.59 Å². The summed E-state index contributed by atoms with van der Waals surface area (Å²) in [6.07, 6.45) is 1.98. The molecule has 0 radical (unpaired) electrons. The van der Waals surface area contributed by atoms with Gasteiger partial charge in [0.15, 0.2) is 5.78 Å². The Kier molecular flexibility index (Phi) is 6.21. The highest BCUT2D eigenvalue weighted by molar-refractivity contribution is 6.03. The monoisotopic (exact) mass is 431 g/mol. The molecule has 0 saturated heterocycles. The van der Waals surface area contributed by atoms with Gasteiger partial charge in [-0.2, -0.15) is 0 Å². The van der Waals surface area contributed by atoms with Crippen molar-refractivity contribution in [1.29, 1.82) is 0 Å². The van der Waals surface area contributed by atoms with Crippen molar-refractivity contribution in [3.63, 3.8) is 0 Å². The summed E-state index contributed by atoms with van der Waals surface area (Å²) in [6.45, 7) is 1.97. The maximum atomic E-state index is 13.2. The number of hydrogen-bond donors (Lipinski definition) is 1. The second-order valence-electron chi connectivity index (χ2n) is 7.94. The number of Topliss-reactive ketones (excluding diaryl/α,β-unsaturated/α-hetero) is 1. The molecule has 0 amide bonds. The van der Waals surface area contributed by atoms with Gasteiger partial charge in [0.2, 0.25) is 0 Å². The average molecular weight is 431 g/mol. The van der Waals surface area contributed by atoms with Gasteiger partial charge in [-0.3, -0.25) is 4.79 Å². The zero-order valence-electron chi connectivity index (χ0n) is 18.1. The van der Waals surface area contributed by atoms with Gasteiger partial charge in [0.25, 0.3) is 0 Å². The average Bonchev–Trinajstić information content (AvgIpc) is 2.82. The molecule has 164 valence electrons. The summed E-state index contributed by atoms with van der Waals surface area (Å²) < 4.78 is 10.4. The van der Waals surface area contributed by atoms with E-state index < -0.39 is 17.9 Å². The van der Waals surface area contributed by atoms with Crippen LogP contribution in [0.2, 0.25) is 0 Å². The van der Waals surface area contributed by atoms with Crippen LogP contribution in [0, 0.1) is 0 Å². The Balaban J connectivity index is 1.70. The molecular formula is C26H25NO5. The predicted octanol–water partition coefficient (Wildman–Crippen LogP) is 4.18. The van der Waals surface area contributed by atoms with Crippen molar-refractivity contribution < 1.29 is 23.9 Å². The molecule has 0 fully saturated rings. The van der Waals surface area contributed by atoms with Crippen LogP contribution in [0.4, 0.5) is 0 Å². The number of ether oxygens (including phenoxy) is 2. The first-order valence-corrected chi connectivity index (χ1v) is 10.6. The fourth-order valence-electron chi connectivity index (χ4n) is 4.32. The molecule has 0 bridgehead atoms. The molecule has 1 aliphatic carbocycles. The molecule has 0 saturated carbocycles. The van der Waals surface area contributed by atoms with Crippen molar-refractivity contribution in [3.8, 4) is 0 Å². The van der Waals surface area contributed by atoms with Crippen LogP contribution in [0.25, 0.3) is 0 Å². The third-order valence-corrected chi connectivity index (χ3v) is 5.87. The first-order valence-electron chi connectivity index (χ1n) is 10.6. The smallest absolute Gasteiger partial charge is 0.337 e. The van der Waals surface area contributed by atoms with Crippen LogP contribution in [0.3, 0.4) is 0 Å². The summed E-state index contributed by atoms with van der Waals surface area (Å²) in [5.41, 5.74) is 4.62. The summed E-state index contributed by atoms with van der Waals surface area (Å²) in [5, 5.41) is 3.28. The number of rotatable bonds is 5. The number of hydrogen-bond acceptors (Lipinski definition) is 6. The maximum absolute atomic E-state index is 13.2. The Hall–Kier alpha value is -3.67. The zero-order chi connectivity index (χ0) is 22.7. The van der Waals surface area contributed by atoms with E-state index in [1.807, 2.05) is 37.3 Å². The Bertz CT molecular complexity index is 1110. The van der Waals surface area contributed by atoms with Crippen LogP contribution in [0.1, 0.15) is 53.6 Å². The molecule has 2 aromatic rings. The van der Waals surface area contributed by atoms with Crippen molar-refractivity contribution in [2.24, 2.45) is 0 Å². The van der Waals surface area contributed by atoms with Crippen molar-refractivity contribution in [1.82, 2.24) is 5.32 Å². The molecule has 2 aliphatic rings. The summed E-state index contributed by atoms with van der Waals surface area (Å²) >= 11 is 0. The van der Waals surface area contributed by atoms with E-state index in [1.165, 1.54) is 7.11 Å². The molecule has 0 unspecified atom stereocenters. The molecule has 32 heavy (non-hydrogen) atoms. The van der Waals surface area contributed by atoms with Crippen molar-refractivity contribution >= 4 is 17.7 Å². The van der Waals surface area contributed by atoms with E-state index in [0.717, 1.165) is 29.7 Å². The molecule has 0 spiro atoms. The zero-order valence-corrected chi connectivity index (χ0v) is 18.1. The normalized spacial score (nSPS) is 18.1. The minimum absolute atomic E-state index is 0.0293. The summed E-state index contributed by atoms with van der Waals surface area (Å²) in [6, 6.07) is 16.3. The summed E-state index contributed by atoms with van der Waals surface area (Å²) in [4.78, 5) is 38.0. The first-order chi connectivity index (χ1) is 15.5. The number of carbonyl (C=O) groups excluding carboxylic acids is 3. The molecule has 1 N–H and O–H groups in total. The highest BCUT2D eigenvalue weighted by Crippen LogP contribution is 2.42. The SMILES string of the molecule is COC(=O)c1ccc([C@@H]2C(C(=O)OCc3ccccc3)=C(C)NC3=C2C(=O)CCC3)cc1. The number of nitrogens with one attached hydrogen (secondary N) is 1. The third-order valence-electron chi connectivity index (χ3n) is 5.87. The molecule has 1 atom stereocenters. The van der Waals surface area contributed by atoms with E-state index in [1.54, 1.807) is 24.3 Å². The molecule has 1 aliphatic heterocycles. The molecule has 6 nitrogen and oxygen atoms in total. The van der Waals surface area contributed by atoms with Gasteiger partial charge >= 0.3 is 11.9 Å². The van der Waals surface area contributed by atoms with E-state index in [9.17, 15) is 14.4 Å². The van der Waals surface area contributed by atoms with Crippen molar-refractivity contribution in [3.05, 3.63) is 93.8 Å². The number of carbonyl (C=O) groups is 3. The lowest BCUT2D eigenvalue weighted by Crippen LogP contribution is -2.34.